The number of nitrogen functional groups attached to an aromatic ring is 1. The molecule has 94 valence electrons. The first-order valence-electron chi connectivity index (χ1n) is 5.54. The lowest BCUT2D eigenvalue weighted by molar-refractivity contribution is -0.384. The summed E-state index contributed by atoms with van der Waals surface area (Å²) in [6.45, 7) is 0. The predicted molar refractivity (Wildman–Crippen MR) is 70.5 cm³/mol. The molecule has 2 N–H and O–H groups in total. The molecule has 19 heavy (non-hydrogen) atoms. The van der Waals surface area contributed by atoms with Crippen molar-refractivity contribution in [3.05, 3.63) is 52.6 Å². The molecule has 0 atom stereocenters. The lowest BCUT2D eigenvalue weighted by atomic mass is 10.2. The molecule has 6 nitrogen and oxygen atoms in total. The van der Waals surface area contributed by atoms with Gasteiger partial charge in [0.05, 0.1) is 11.0 Å². The minimum atomic E-state index is -0.467. The number of oxazole rings is 1. The molecule has 0 aliphatic rings. The van der Waals surface area contributed by atoms with E-state index >= 15 is 0 Å². The van der Waals surface area contributed by atoms with Gasteiger partial charge in [-0.2, -0.15) is 0 Å². The zero-order valence-corrected chi connectivity index (χ0v) is 9.74. The van der Waals surface area contributed by atoms with Crippen LogP contribution in [0.25, 0.3) is 22.6 Å². The number of rotatable bonds is 2. The molecule has 0 radical (unpaired) electrons. The highest BCUT2D eigenvalue weighted by Crippen LogP contribution is 2.27. The number of anilines is 1. The van der Waals surface area contributed by atoms with E-state index in [1.54, 1.807) is 30.3 Å². The summed E-state index contributed by atoms with van der Waals surface area (Å²) in [5, 5.41) is 10.7. The number of nitro benzene ring substituents is 1. The molecule has 0 fully saturated rings. The van der Waals surface area contributed by atoms with Crippen molar-refractivity contribution in [2.45, 2.75) is 0 Å². The van der Waals surface area contributed by atoms with Crippen LogP contribution in [0.15, 0.2) is 46.9 Å². The number of fused-ring (bicyclic) bond motifs is 1. The average molecular weight is 255 g/mol. The van der Waals surface area contributed by atoms with Crippen LogP contribution < -0.4 is 5.73 Å². The highest BCUT2D eigenvalue weighted by Gasteiger charge is 2.12. The number of nitrogens with zero attached hydrogens (tertiary/aromatic N) is 2. The first-order valence-corrected chi connectivity index (χ1v) is 5.54. The Hall–Kier alpha value is -2.89. The molecule has 0 saturated heterocycles. The van der Waals surface area contributed by atoms with E-state index in [2.05, 4.69) is 4.98 Å². The van der Waals surface area contributed by atoms with Gasteiger partial charge in [0, 0.05) is 17.3 Å². The van der Waals surface area contributed by atoms with Crippen LogP contribution in [0.5, 0.6) is 0 Å². The third kappa shape index (κ3) is 1.99. The van der Waals surface area contributed by atoms with Crippen molar-refractivity contribution in [2.75, 3.05) is 5.73 Å². The molecular weight excluding hydrogens is 246 g/mol. The lowest BCUT2D eigenvalue weighted by Gasteiger charge is -1.95. The summed E-state index contributed by atoms with van der Waals surface area (Å²) in [5.74, 6) is 0.412. The van der Waals surface area contributed by atoms with Crippen molar-refractivity contribution in [3.8, 4) is 11.5 Å². The topological polar surface area (TPSA) is 95.2 Å². The molecule has 0 aliphatic heterocycles. The average Bonchev–Trinajstić information content (AvgIpc) is 2.82. The number of nitro groups is 1. The zero-order chi connectivity index (χ0) is 13.4. The van der Waals surface area contributed by atoms with E-state index in [9.17, 15) is 10.1 Å². The standard InChI is InChI=1S/C13H9N3O3/c14-9-3-1-8(2-4-9)13-15-11-6-5-10(16(17)18)7-12(11)19-13/h1-7H,14H2. The van der Waals surface area contributed by atoms with Crippen LogP contribution in [0.3, 0.4) is 0 Å². The van der Waals surface area contributed by atoms with Gasteiger partial charge in [0.2, 0.25) is 5.89 Å². The van der Waals surface area contributed by atoms with Crippen LogP contribution in [-0.4, -0.2) is 9.91 Å². The first kappa shape index (κ1) is 11.2. The Morgan fingerprint density at radius 1 is 1.16 bits per heavy atom. The fourth-order valence-corrected chi connectivity index (χ4v) is 1.78. The van der Waals surface area contributed by atoms with Crippen LogP contribution >= 0.6 is 0 Å². The molecule has 0 bridgehead atoms. The summed E-state index contributed by atoms with van der Waals surface area (Å²) in [7, 11) is 0. The minimum Gasteiger partial charge on any atom is -0.436 e. The Kier molecular flexibility index (Phi) is 2.42. The Balaban J connectivity index is 2.11. The fraction of sp³-hybridized carbons (Fsp3) is 0. The molecule has 0 saturated carbocycles. The molecule has 0 aliphatic carbocycles. The number of hydrogen-bond acceptors (Lipinski definition) is 5. The summed E-state index contributed by atoms with van der Waals surface area (Å²) < 4.78 is 5.53. The van der Waals surface area contributed by atoms with Gasteiger partial charge in [-0.05, 0) is 30.3 Å². The van der Waals surface area contributed by atoms with E-state index in [1.807, 2.05) is 0 Å². The van der Waals surface area contributed by atoms with Crippen molar-refractivity contribution in [2.24, 2.45) is 0 Å². The second-order valence-electron chi connectivity index (χ2n) is 4.05. The van der Waals surface area contributed by atoms with Gasteiger partial charge in [-0.3, -0.25) is 10.1 Å². The molecule has 3 rings (SSSR count). The lowest BCUT2D eigenvalue weighted by Crippen LogP contribution is -1.86. The van der Waals surface area contributed by atoms with Gasteiger partial charge in [-0.15, -0.1) is 0 Å². The maximum absolute atomic E-state index is 10.7. The molecule has 0 amide bonds. The second kappa shape index (κ2) is 4.09. The van der Waals surface area contributed by atoms with E-state index in [0.29, 0.717) is 22.7 Å². The highest BCUT2D eigenvalue weighted by molar-refractivity contribution is 5.78. The SMILES string of the molecule is Nc1ccc(-c2nc3ccc([N+](=O)[O-])cc3o2)cc1. The summed E-state index contributed by atoms with van der Waals surface area (Å²) in [6, 6.07) is 11.4. The van der Waals surface area contributed by atoms with Crippen molar-refractivity contribution < 1.29 is 9.34 Å². The second-order valence-corrected chi connectivity index (χ2v) is 4.05. The molecule has 0 spiro atoms. The zero-order valence-electron chi connectivity index (χ0n) is 9.74. The van der Waals surface area contributed by atoms with Gasteiger partial charge in [0.15, 0.2) is 5.58 Å². The Bertz CT molecular complexity index is 762. The predicted octanol–water partition coefficient (Wildman–Crippen LogP) is 2.99. The third-order valence-corrected chi connectivity index (χ3v) is 2.74. The van der Waals surface area contributed by atoms with Gasteiger partial charge < -0.3 is 10.2 Å². The Labute approximate surface area is 107 Å². The smallest absolute Gasteiger partial charge is 0.273 e. The van der Waals surface area contributed by atoms with Crippen molar-refractivity contribution in [1.82, 2.24) is 4.98 Å². The van der Waals surface area contributed by atoms with Gasteiger partial charge in [-0.25, -0.2) is 4.98 Å². The largest absolute Gasteiger partial charge is 0.436 e. The van der Waals surface area contributed by atoms with Crippen LogP contribution in [0.1, 0.15) is 0 Å². The molecular formula is C13H9N3O3. The number of non-ortho nitro benzene ring substituents is 1. The highest BCUT2D eigenvalue weighted by atomic mass is 16.6. The van der Waals surface area contributed by atoms with Crippen molar-refractivity contribution in [3.63, 3.8) is 0 Å². The Morgan fingerprint density at radius 2 is 1.89 bits per heavy atom. The molecule has 3 aromatic rings. The molecule has 2 aromatic carbocycles. The quantitative estimate of drug-likeness (QED) is 0.431. The summed E-state index contributed by atoms with van der Waals surface area (Å²) in [4.78, 5) is 14.5. The van der Waals surface area contributed by atoms with E-state index in [-0.39, 0.29) is 5.69 Å². The minimum absolute atomic E-state index is 0.0208. The van der Waals surface area contributed by atoms with Gasteiger partial charge in [0.25, 0.3) is 5.69 Å². The fourth-order valence-electron chi connectivity index (χ4n) is 1.78. The van der Waals surface area contributed by atoms with E-state index in [0.717, 1.165) is 5.56 Å². The maximum atomic E-state index is 10.7. The number of benzene rings is 2. The summed E-state index contributed by atoms with van der Waals surface area (Å²) in [6.07, 6.45) is 0. The van der Waals surface area contributed by atoms with Crippen LogP contribution in [0.2, 0.25) is 0 Å². The van der Waals surface area contributed by atoms with E-state index in [4.69, 9.17) is 10.2 Å². The van der Waals surface area contributed by atoms with Crippen molar-refractivity contribution in [1.29, 1.82) is 0 Å². The number of aromatic nitrogens is 1. The van der Waals surface area contributed by atoms with Crippen molar-refractivity contribution >= 4 is 22.5 Å². The Morgan fingerprint density at radius 3 is 2.58 bits per heavy atom. The molecule has 6 heteroatoms. The van der Waals surface area contributed by atoms with E-state index < -0.39 is 4.92 Å². The first-order chi connectivity index (χ1) is 9.13. The van der Waals surface area contributed by atoms with Gasteiger partial charge >= 0.3 is 0 Å². The van der Waals surface area contributed by atoms with E-state index in [1.165, 1.54) is 12.1 Å². The summed E-state index contributed by atoms with van der Waals surface area (Å²) in [5.41, 5.74) is 7.98. The summed E-state index contributed by atoms with van der Waals surface area (Å²) >= 11 is 0. The molecule has 1 aromatic heterocycles. The monoisotopic (exact) mass is 255 g/mol. The number of nitrogens with two attached hydrogens (primary N) is 1. The maximum Gasteiger partial charge on any atom is 0.273 e. The van der Waals surface area contributed by atoms with Crippen LogP contribution in [0.4, 0.5) is 11.4 Å². The third-order valence-electron chi connectivity index (χ3n) is 2.74. The number of hydrogen-bond donors (Lipinski definition) is 1. The normalized spacial score (nSPS) is 10.7. The molecule has 0 unspecified atom stereocenters. The van der Waals surface area contributed by atoms with Crippen LogP contribution in [0, 0.1) is 10.1 Å². The van der Waals surface area contributed by atoms with Gasteiger partial charge in [0.1, 0.15) is 5.52 Å². The van der Waals surface area contributed by atoms with Crippen LogP contribution in [-0.2, 0) is 0 Å². The molecule has 1 heterocycles. The van der Waals surface area contributed by atoms with Gasteiger partial charge in [-0.1, -0.05) is 0 Å².